The van der Waals surface area contributed by atoms with E-state index in [1.165, 1.54) is 32.1 Å². The van der Waals surface area contributed by atoms with Gasteiger partial charge in [0.15, 0.2) is 11.3 Å². The van der Waals surface area contributed by atoms with Crippen molar-refractivity contribution < 1.29 is 26.9 Å². The molecule has 0 aromatic carbocycles. The molecular formula is C19H32ClNO6S. The number of furan rings is 1. The van der Waals surface area contributed by atoms with Crippen molar-refractivity contribution in [1.82, 2.24) is 5.32 Å². The van der Waals surface area contributed by atoms with E-state index >= 15 is 0 Å². The lowest BCUT2D eigenvalue weighted by Gasteiger charge is -2.16. The van der Waals surface area contributed by atoms with Gasteiger partial charge < -0.3 is 14.5 Å². The smallest absolute Gasteiger partial charge is 0.407 e. The second-order valence-corrected chi connectivity index (χ2v) is 8.81. The molecule has 162 valence electrons. The number of halogens is 1. The van der Waals surface area contributed by atoms with Gasteiger partial charge in [-0.1, -0.05) is 51.9 Å². The van der Waals surface area contributed by atoms with E-state index in [4.69, 9.17) is 25.3 Å². The van der Waals surface area contributed by atoms with Gasteiger partial charge in [-0.25, -0.2) is 4.79 Å². The van der Waals surface area contributed by atoms with Crippen molar-refractivity contribution in [2.45, 2.75) is 77.2 Å². The van der Waals surface area contributed by atoms with Gasteiger partial charge in [-0.3, -0.25) is 4.55 Å². The third kappa shape index (κ3) is 12.3. The molecule has 0 radical (unpaired) electrons. The van der Waals surface area contributed by atoms with Crippen LogP contribution in [0, 0.1) is 0 Å². The minimum atomic E-state index is -4.03. The quantitative estimate of drug-likeness (QED) is 0.277. The van der Waals surface area contributed by atoms with Crippen LogP contribution < -0.4 is 5.32 Å². The van der Waals surface area contributed by atoms with Gasteiger partial charge in [0.05, 0.1) is 5.75 Å². The molecule has 2 N–H and O–H groups in total. The summed E-state index contributed by atoms with van der Waals surface area (Å²) < 4.78 is 40.8. The van der Waals surface area contributed by atoms with Gasteiger partial charge in [-0.15, -0.1) is 0 Å². The molecule has 9 heteroatoms. The van der Waals surface area contributed by atoms with Gasteiger partial charge in [0, 0.05) is 6.54 Å². The van der Waals surface area contributed by atoms with Gasteiger partial charge >= 0.3 is 6.09 Å². The highest BCUT2D eigenvalue weighted by atomic mass is 35.5. The SMILES string of the molecule is CCCCCCCCCCC(OC(=O)NCCCS(=O)(=O)O)c1ccc(Cl)o1. The maximum absolute atomic E-state index is 12.0. The van der Waals surface area contributed by atoms with Crippen LogP contribution in [0.2, 0.25) is 5.22 Å². The molecule has 1 unspecified atom stereocenters. The summed E-state index contributed by atoms with van der Waals surface area (Å²) in [6, 6.07) is 3.29. The Bertz CT molecular complexity index is 661. The molecule has 7 nitrogen and oxygen atoms in total. The number of alkyl carbamates (subject to hydrolysis) is 1. The summed E-state index contributed by atoms with van der Waals surface area (Å²) in [6.07, 6.45) is 8.89. The molecule has 0 saturated carbocycles. The molecule has 1 amide bonds. The zero-order valence-corrected chi connectivity index (χ0v) is 18.1. The number of hydrogen-bond donors (Lipinski definition) is 2. The largest absolute Gasteiger partial charge is 0.446 e. The van der Waals surface area contributed by atoms with Crippen LogP contribution in [0.3, 0.4) is 0 Å². The van der Waals surface area contributed by atoms with Crippen LogP contribution in [0.1, 0.15) is 83.0 Å². The Hall–Kier alpha value is -1.25. The third-order valence-electron chi connectivity index (χ3n) is 4.33. The monoisotopic (exact) mass is 437 g/mol. The van der Waals surface area contributed by atoms with Crippen molar-refractivity contribution in [2.75, 3.05) is 12.3 Å². The lowest BCUT2D eigenvalue weighted by molar-refractivity contribution is 0.0778. The van der Waals surface area contributed by atoms with Gasteiger partial charge in [0.1, 0.15) is 5.76 Å². The average Bonchev–Trinajstić information content (AvgIpc) is 3.05. The van der Waals surface area contributed by atoms with Gasteiger partial charge in [-0.05, 0) is 43.0 Å². The highest BCUT2D eigenvalue weighted by Crippen LogP contribution is 2.28. The highest BCUT2D eigenvalue weighted by molar-refractivity contribution is 7.85. The summed E-state index contributed by atoms with van der Waals surface area (Å²) >= 11 is 5.83. The molecule has 0 aliphatic carbocycles. The van der Waals surface area contributed by atoms with E-state index in [1.54, 1.807) is 12.1 Å². The maximum atomic E-state index is 12.0. The first kappa shape index (κ1) is 24.8. The summed E-state index contributed by atoms with van der Waals surface area (Å²) in [5.41, 5.74) is 0. The molecule has 1 aromatic heterocycles. The molecule has 0 aliphatic rings. The van der Waals surface area contributed by atoms with E-state index in [1.807, 2.05) is 0 Å². The standard InChI is InChI=1S/C19H32ClNO6S/c1-2-3-4-5-6-7-8-9-11-16(17-12-13-18(20)26-17)27-19(22)21-14-10-15-28(23,24)25/h12-13,16H,2-11,14-15H2,1H3,(H,21,22)(H,23,24,25). The van der Waals surface area contributed by atoms with Crippen molar-refractivity contribution in [3.05, 3.63) is 23.1 Å². The predicted octanol–water partition coefficient (Wildman–Crippen LogP) is 5.51. The molecule has 1 atom stereocenters. The number of nitrogens with one attached hydrogen (secondary N) is 1. The molecule has 0 spiro atoms. The number of carbonyl (C=O) groups is 1. The molecule has 0 bridgehead atoms. The summed E-state index contributed by atoms with van der Waals surface area (Å²) in [6.45, 7) is 2.29. The zero-order chi connectivity index (χ0) is 20.8. The fourth-order valence-electron chi connectivity index (χ4n) is 2.84. The lowest BCUT2D eigenvalue weighted by atomic mass is 10.0. The van der Waals surface area contributed by atoms with Crippen molar-refractivity contribution in [1.29, 1.82) is 0 Å². The summed E-state index contributed by atoms with van der Waals surface area (Å²) in [4.78, 5) is 12.0. The summed E-state index contributed by atoms with van der Waals surface area (Å²) in [5.74, 6) is 0.0731. The minimum Gasteiger partial charge on any atom is -0.446 e. The molecule has 1 aromatic rings. The number of hydrogen-bond acceptors (Lipinski definition) is 5. The second-order valence-electron chi connectivity index (χ2n) is 6.87. The third-order valence-corrected chi connectivity index (χ3v) is 5.34. The topological polar surface area (TPSA) is 106 Å². The first-order valence-corrected chi connectivity index (χ1v) is 12.0. The van der Waals surface area contributed by atoms with Crippen LogP contribution in [0.25, 0.3) is 0 Å². The number of ether oxygens (including phenoxy) is 1. The zero-order valence-electron chi connectivity index (χ0n) is 16.5. The van der Waals surface area contributed by atoms with Crippen LogP contribution in [0.4, 0.5) is 4.79 Å². The van der Waals surface area contributed by atoms with Crippen molar-refractivity contribution >= 4 is 27.8 Å². The van der Waals surface area contributed by atoms with Gasteiger partial charge in [0.2, 0.25) is 0 Å². The molecule has 0 aliphatic heterocycles. The normalized spacial score (nSPS) is 12.7. The highest BCUT2D eigenvalue weighted by Gasteiger charge is 2.20. The van der Waals surface area contributed by atoms with Crippen molar-refractivity contribution in [2.24, 2.45) is 0 Å². The first-order valence-electron chi connectivity index (χ1n) is 9.96. The summed E-state index contributed by atoms with van der Waals surface area (Å²) in [7, 11) is -4.03. The Labute approximate surface area is 172 Å². The number of carbonyl (C=O) groups excluding carboxylic acids is 1. The van der Waals surface area contributed by atoms with Crippen molar-refractivity contribution in [3.8, 4) is 0 Å². The van der Waals surface area contributed by atoms with E-state index in [0.717, 1.165) is 19.3 Å². The Kier molecular flexibility index (Phi) is 12.3. The number of unbranched alkanes of at least 4 members (excludes halogenated alkanes) is 7. The molecule has 1 heterocycles. The second kappa shape index (κ2) is 13.8. The molecule has 0 saturated heterocycles. The lowest BCUT2D eigenvalue weighted by Crippen LogP contribution is -2.28. The minimum absolute atomic E-state index is 0.0853. The first-order chi connectivity index (χ1) is 13.3. The van der Waals surface area contributed by atoms with E-state index in [9.17, 15) is 13.2 Å². The van der Waals surface area contributed by atoms with E-state index in [2.05, 4.69) is 12.2 Å². The number of amides is 1. The maximum Gasteiger partial charge on any atom is 0.407 e. The number of rotatable bonds is 15. The average molecular weight is 438 g/mol. The fourth-order valence-corrected chi connectivity index (χ4v) is 3.50. The fraction of sp³-hybridized carbons (Fsp3) is 0.737. The van der Waals surface area contributed by atoms with Crippen LogP contribution in [0.5, 0.6) is 0 Å². The van der Waals surface area contributed by atoms with Gasteiger partial charge in [0.25, 0.3) is 10.1 Å². The Morgan fingerprint density at radius 3 is 2.36 bits per heavy atom. The van der Waals surface area contributed by atoms with Crippen molar-refractivity contribution in [3.63, 3.8) is 0 Å². The Balaban J connectivity index is 2.36. The van der Waals surface area contributed by atoms with E-state index in [0.29, 0.717) is 12.2 Å². The van der Waals surface area contributed by atoms with Crippen LogP contribution in [0.15, 0.2) is 16.5 Å². The Morgan fingerprint density at radius 2 is 1.79 bits per heavy atom. The van der Waals surface area contributed by atoms with E-state index in [-0.39, 0.29) is 18.2 Å². The van der Waals surface area contributed by atoms with Gasteiger partial charge in [-0.2, -0.15) is 8.42 Å². The molecule has 28 heavy (non-hydrogen) atoms. The Morgan fingerprint density at radius 1 is 1.14 bits per heavy atom. The summed E-state index contributed by atoms with van der Waals surface area (Å²) in [5, 5.41) is 2.71. The predicted molar refractivity (Wildman–Crippen MR) is 109 cm³/mol. The molecular weight excluding hydrogens is 406 g/mol. The molecule has 1 rings (SSSR count). The van der Waals surface area contributed by atoms with E-state index < -0.39 is 28.1 Å². The van der Waals surface area contributed by atoms with Crippen LogP contribution in [-0.2, 0) is 14.9 Å². The van der Waals surface area contributed by atoms with Crippen LogP contribution in [-0.4, -0.2) is 31.4 Å². The molecule has 0 fully saturated rings. The van der Waals surface area contributed by atoms with Crippen LogP contribution >= 0.6 is 11.6 Å².